The molecule has 1 aromatic carbocycles. The van der Waals surface area contributed by atoms with Crippen LogP contribution in [0.25, 0.3) is 0 Å². The van der Waals surface area contributed by atoms with Gasteiger partial charge < -0.3 is 10.5 Å². The van der Waals surface area contributed by atoms with E-state index >= 15 is 0 Å². The van der Waals surface area contributed by atoms with Gasteiger partial charge in [-0.25, -0.2) is 10.8 Å². The quantitative estimate of drug-likeness (QED) is 0.273. The molecule has 76 valence electrons. The largest absolute Gasteiger partial charge is 0.496 e. The first-order valence-electron chi connectivity index (χ1n) is 4.16. The average Bonchev–Trinajstić information content (AvgIpc) is 2.26. The van der Waals surface area contributed by atoms with E-state index < -0.39 is 0 Å². The lowest BCUT2D eigenvalue weighted by Crippen LogP contribution is -2.37. The van der Waals surface area contributed by atoms with Crippen LogP contribution >= 0.6 is 0 Å². The van der Waals surface area contributed by atoms with E-state index in [9.17, 15) is 0 Å². The second-order valence-corrected chi connectivity index (χ2v) is 2.66. The van der Waals surface area contributed by atoms with Crippen LogP contribution in [0.15, 0.2) is 29.3 Å². The number of hydrogen-bond acceptors (Lipinski definition) is 3. The summed E-state index contributed by atoms with van der Waals surface area (Å²) >= 11 is 0. The first-order chi connectivity index (χ1) is 6.77. The van der Waals surface area contributed by atoms with E-state index in [-0.39, 0.29) is 5.96 Å². The minimum atomic E-state index is 0.205. The molecule has 1 rings (SSSR count). The summed E-state index contributed by atoms with van der Waals surface area (Å²) in [5, 5.41) is 0. The number of methoxy groups -OCH3 is 1. The third-order valence-corrected chi connectivity index (χ3v) is 1.76. The summed E-state index contributed by atoms with van der Waals surface area (Å²) in [6, 6.07) is 7.61. The van der Waals surface area contributed by atoms with Crippen LogP contribution in [0.4, 0.5) is 0 Å². The number of nitrogens with one attached hydrogen (secondary N) is 1. The monoisotopic (exact) mass is 194 g/mol. The van der Waals surface area contributed by atoms with E-state index in [4.69, 9.17) is 16.3 Å². The first-order valence-corrected chi connectivity index (χ1v) is 4.16. The van der Waals surface area contributed by atoms with Crippen molar-refractivity contribution >= 4 is 5.96 Å². The SMILES string of the molecule is COc1ccccc1CN=C(N)NN. The smallest absolute Gasteiger partial charge is 0.203 e. The van der Waals surface area contributed by atoms with Gasteiger partial charge in [0, 0.05) is 5.56 Å². The fourth-order valence-corrected chi connectivity index (χ4v) is 1.05. The molecule has 0 radical (unpaired) electrons. The van der Waals surface area contributed by atoms with Crippen LogP contribution < -0.4 is 21.7 Å². The molecule has 0 saturated carbocycles. The van der Waals surface area contributed by atoms with Crippen LogP contribution in [0.5, 0.6) is 5.75 Å². The van der Waals surface area contributed by atoms with Gasteiger partial charge in [-0.05, 0) is 6.07 Å². The molecule has 5 nitrogen and oxygen atoms in total. The highest BCUT2D eigenvalue weighted by molar-refractivity contribution is 5.77. The molecule has 0 fully saturated rings. The number of para-hydroxylation sites is 1. The summed E-state index contributed by atoms with van der Waals surface area (Å²) in [5.41, 5.74) is 8.61. The van der Waals surface area contributed by atoms with Crippen molar-refractivity contribution in [2.75, 3.05) is 7.11 Å². The lowest BCUT2D eigenvalue weighted by atomic mass is 10.2. The zero-order valence-electron chi connectivity index (χ0n) is 8.03. The molecule has 0 aliphatic heterocycles. The number of ether oxygens (including phenoxy) is 1. The van der Waals surface area contributed by atoms with Crippen molar-refractivity contribution in [2.45, 2.75) is 6.54 Å². The Labute approximate surface area is 82.7 Å². The molecule has 5 N–H and O–H groups in total. The second-order valence-electron chi connectivity index (χ2n) is 2.66. The highest BCUT2D eigenvalue weighted by Gasteiger charge is 1.99. The number of hydrazine groups is 1. The first kappa shape index (κ1) is 10.3. The zero-order chi connectivity index (χ0) is 10.4. The maximum absolute atomic E-state index is 5.39. The minimum absolute atomic E-state index is 0.205. The molecule has 0 bridgehead atoms. The summed E-state index contributed by atoms with van der Waals surface area (Å²) in [5.74, 6) is 6.07. The standard InChI is InChI=1S/C9H14N4O/c1-14-8-5-3-2-4-7(8)6-12-9(10)13-11/h2-5H,6,11H2,1H3,(H3,10,12,13). The van der Waals surface area contributed by atoms with Gasteiger partial charge in [0.25, 0.3) is 0 Å². The zero-order valence-corrected chi connectivity index (χ0v) is 8.03. The third kappa shape index (κ3) is 2.63. The number of nitrogens with two attached hydrogens (primary N) is 2. The Bertz CT molecular complexity index is 324. The van der Waals surface area contributed by atoms with E-state index in [0.717, 1.165) is 11.3 Å². The van der Waals surface area contributed by atoms with E-state index in [2.05, 4.69) is 10.4 Å². The number of hydrogen-bond donors (Lipinski definition) is 3. The van der Waals surface area contributed by atoms with Crippen LogP contribution in [0.2, 0.25) is 0 Å². The van der Waals surface area contributed by atoms with Gasteiger partial charge >= 0.3 is 0 Å². The number of aliphatic imine (C=N–C) groups is 1. The molecule has 0 amide bonds. The molecule has 0 unspecified atom stereocenters. The summed E-state index contributed by atoms with van der Waals surface area (Å²) in [7, 11) is 1.62. The molecule has 0 aromatic heterocycles. The maximum atomic E-state index is 5.39. The average molecular weight is 194 g/mol. The Morgan fingerprint density at radius 2 is 2.21 bits per heavy atom. The Kier molecular flexibility index (Phi) is 3.75. The Balaban J connectivity index is 2.76. The Morgan fingerprint density at radius 1 is 1.50 bits per heavy atom. The lowest BCUT2D eigenvalue weighted by Gasteiger charge is -2.05. The summed E-state index contributed by atoms with van der Waals surface area (Å²) in [6.45, 7) is 0.444. The predicted molar refractivity (Wildman–Crippen MR) is 55.6 cm³/mol. The van der Waals surface area contributed by atoms with Crippen molar-refractivity contribution in [1.29, 1.82) is 0 Å². The fraction of sp³-hybridized carbons (Fsp3) is 0.222. The van der Waals surface area contributed by atoms with E-state index in [1.807, 2.05) is 24.3 Å². The number of rotatable bonds is 3. The fourth-order valence-electron chi connectivity index (χ4n) is 1.05. The van der Waals surface area contributed by atoms with Gasteiger partial charge in [-0.3, -0.25) is 5.43 Å². The van der Waals surface area contributed by atoms with Gasteiger partial charge in [-0.1, -0.05) is 18.2 Å². The van der Waals surface area contributed by atoms with Gasteiger partial charge in [0.1, 0.15) is 5.75 Å². The van der Waals surface area contributed by atoms with Crippen LogP contribution in [0.3, 0.4) is 0 Å². The van der Waals surface area contributed by atoms with Crippen molar-refractivity contribution in [2.24, 2.45) is 16.6 Å². The van der Waals surface area contributed by atoms with E-state index in [1.54, 1.807) is 7.11 Å². The third-order valence-electron chi connectivity index (χ3n) is 1.76. The van der Waals surface area contributed by atoms with Crippen molar-refractivity contribution < 1.29 is 4.74 Å². The number of guanidine groups is 1. The highest BCUT2D eigenvalue weighted by atomic mass is 16.5. The summed E-state index contributed by atoms with van der Waals surface area (Å²) in [4.78, 5) is 4.00. The van der Waals surface area contributed by atoms with Crippen LogP contribution in [0, 0.1) is 0 Å². The molecule has 5 heteroatoms. The van der Waals surface area contributed by atoms with Gasteiger partial charge in [-0.15, -0.1) is 0 Å². The molecule has 14 heavy (non-hydrogen) atoms. The van der Waals surface area contributed by atoms with Crippen molar-refractivity contribution in [3.63, 3.8) is 0 Å². The van der Waals surface area contributed by atoms with Crippen molar-refractivity contribution in [3.05, 3.63) is 29.8 Å². The van der Waals surface area contributed by atoms with E-state index in [1.165, 1.54) is 0 Å². The molecular formula is C9H14N4O. The maximum Gasteiger partial charge on any atom is 0.203 e. The Hall–Kier alpha value is -1.75. The molecule has 0 aliphatic carbocycles. The number of nitrogens with zero attached hydrogens (tertiary/aromatic N) is 1. The summed E-state index contributed by atoms with van der Waals surface area (Å²) < 4.78 is 5.15. The normalized spacial score (nSPS) is 11.1. The molecule has 0 aliphatic rings. The minimum Gasteiger partial charge on any atom is -0.496 e. The molecule has 0 atom stereocenters. The molecule has 1 aromatic rings. The highest BCUT2D eigenvalue weighted by Crippen LogP contribution is 2.17. The van der Waals surface area contributed by atoms with Gasteiger partial charge in [-0.2, -0.15) is 0 Å². The second kappa shape index (κ2) is 5.08. The van der Waals surface area contributed by atoms with Gasteiger partial charge in [0.15, 0.2) is 0 Å². The van der Waals surface area contributed by atoms with Crippen LogP contribution in [-0.4, -0.2) is 13.1 Å². The van der Waals surface area contributed by atoms with Gasteiger partial charge in [0.2, 0.25) is 5.96 Å². The number of benzene rings is 1. The topological polar surface area (TPSA) is 85.7 Å². The van der Waals surface area contributed by atoms with Gasteiger partial charge in [0.05, 0.1) is 13.7 Å². The molecule has 0 heterocycles. The van der Waals surface area contributed by atoms with Crippen molar-refractivity contribution in [1.82, 2.24) is 5.43 Å². The van der Waals surface area contributed by atoms with Crippen LogP contribution in [0.1, 0.15) is 5.56 Å². The molecule has 0 saturated heterocycles. The summed E-state index contributed by atoms with van der Waals surface area (Å²) in [6.07, 6.45) is 0. The van der Waals surface area contributed by atoms with Crippen molar-refractivity contribution in [3.8, 4) is 5.75 Å². The van der Waals surface area contributed by atoms with E-state index in [0.29, 0.717) is 6.54 Å². The molecule has 0 spiro atoms. The lowest BCUT2D eigenvalue weighted by molar-refractivity contribution is 0.410. The van der Waals surface area contributed by atoms with Crippen LogP contribution in [-0.2, 0) is 6.54 Å². The Morgan fingerprint density at radius 3 is 2.86 bits per heavy atom. The molecular weight excluding hydrogens is 180 g/mol. The predicted octanol–water partition coefficient (Wildman–Crippen LogP) is -0.0268.